The van der Waals surface area contributed by atoms with Crippen molar-refractivity contribution in [3.8, 4) is 0 Å². The Morgan fingerprint density at radius 1 is 0.719 bits per heavy atom. The minimum Gasteiger partial charge on any atom is -0.248 e. The molecular formula is C29H39NP2. The third-order valence-corrected chi connectivity index (χ3v) is 21.1. The van der Waals surface area contributed by atoms with Crippen LogP contribution in [0.1, 0.15) is 88.0 Å². The fraction of sp³-hybridized carbons (Fsp3) is 0.759. The van der Waals surface area contributed by atoms with Crippen LogP contribution in [-0.2, 0) is 0 Å². The summed E-state index contributed by atoms with van der Waals surface area (Å²) in [6.07, 6.45) is 19.2. The minimum atomic E-state index is -0.209. The van der Waals surface area contributed by atoms with Gasteiger partial charge in [0.05, 0.1) is 10.9 Å². The lowest BCUT2D eigenvalue weighted by atomic mass is 9.55. The molecule has 1 nitrogen and oxygen atoms in total. The zero-order valence-corrected chi connectivity index (χ0v) is 21.8. The Labute approximate surface area is 196 Å². The van der Waals surface area contributed by atoms with Gasteiger partial charge in [0.1, 0.15) is 0 Å². The molecule has 1 heterocycles. The Bertz CT molecular complexity index is 981. The van der Waals surface area contributed by atoms with Crippen LogP contribution in [0.15, 0.2) is 18.2 Å². The Morgan fingerprint density at radius 3 is 1.59 bits per heavy atom. The van der Waals surface area contributed by atoms with Crippen LogP contribution in [0.2, 0.25) is 0 Å². The molecular weight excluding hydrogens is 424 g/mol. The second-order valence-corrected chi connectivity index (χ2v) is 20.2. The maximum absolute atomic E-state index is 5.31. The summed E-state index contributed by atoms with van der Waals surface area (Å²) in [7, 11) is -0.223. The van der Waals surface area contributed by atoms with E-state index < -0.39 is 0 Å². The highest BCUT2D eigenvalue weighted by Crippen LogP contribution is 2.89. The molecule has 8 saturated carbocycles. The monoisotopic (exact) mass is 463 g/mol. The largest absolute Gasteiger partial charge is 0.248 e. The van der Waals surface area contributed by atoms with E-state index in [4.69, 9.17) is 4.98 Å². The molecule has 1 aromatic heterocycles. The van der Waals surface area contributed by atoms with Gasteiger partial charge in [0.25, 0.3) is 0 Å². The highest BCUT2D eigenvalue weighted by atomic mass is 32.1. The van der Waals surface area contributed by atoms with E-state index in [9.17, 15) is 0 Å². The zero-order valence-electron chi connectivity index (χ0n) is 20.0. The molecule has 0 aliphatic heterocycles. The number of benzene rings is 1. The van der Waals surface area contributed by atoms with Crippen molar-refractivity contribution in [2.45, 2.75) is 101 Å². The van der Waals surface area contributed by atoms with Crippen molar-refractivity contribution in [2.24, 2.45) is 35.5 Å². The molecule has 8 aliphatic carbocycles. The molecule has 2 aromatic rings. The summed E-state index contributed by atoms with van der Waals surface area (Å²) in [4.78, 5) is 5.31. The molecule has 1 atom stereocenters. The van der Waals surface area contributed by atoms with Gasteiger partial charge >= 0.3 is 0 Å². The molecule has 1 aromatic carbocycles. The first-order valence-corrected chi connectivity index (χ1v) is 17.1. The summed E-state index contributed by atoms with van der Waals surface area (Å²) in [5.74, 6) is 6.46. The second-order valence-electron chi connectivity index (χ2n) is 13.6. The van der Waals surface area contributed by atoms with Gasteiger partial charge in [-0.2, -0.15) is 0 Å². The summed E-state index contributed by atoms with van der Waals surface area (Å²) in [5.41, 5.74) is 4.39. The summed E-state index contributed by atoms with van der Waals surface area (Å²) < 4.78 is 0. The number of nitrogens with zero attached hydrogens (tertiary/aromatic N) is 1. The van der Waals surface area contributed by atoms with Gasteiger partial charge in [0.2, 0.25) is 0 Å². The van der Waals surface area contributed by atoms with Crippen molar-refractivity contribution in [3.63, 3.8) is 0 Å². The van der Waals surface area contributed by atoms with E-state index in [0.29, 0.717) is 10.3 Å². The average Bonchev–Trinajstić information content (AvgIpc) is 3.01. The molecule has 1 unspecified atom stereocenters. The van der Waals surface area contributed by atoms with Crippen molar-refractivity contribution < 1.29 is 0 Å². The zero-order chi connectivity index (χ0) is 21.2. The summed E-state index contributed by atoms with van der Waals surface area (Å²) in [5, 5.41) is 3.14. The summed E-state index contributed by atoms with van der Waals surface area (Å²) >= 11 is 0. The number of fused-ring (bicyclic) bond motifs is 1. The van der Waals surface area contributed by atoms with E-state index in [1.807, 2.05) is 0 Å². The van der Waals surface area contributed by atoms with Crippen LogP contribution in [-0.4, -0.2) is 15.3 Å². The van der Waals surface area contributed by atoms with E-state index in [-0.39, 0.29) is 14.8 Å². The molecule has 0 radical (unpaired) electrons. The fourth-order valence-corrected chi connectivity index (χ4v) is 23.4. The quantitative estimate of drug-likeness (QED) is 0.414. The van der Waals surface area contributed by atoms with Crippen LogP contribution in [0.3, 0.4) is 0 Å². The Hall–Kier alpha value is -0.380. The highest BCUT2D eigenvalue weighted by Gasteiger charge is 2.63. The van der Waals surface area contributed by atoms with Crippen molar-refractivity contribution in [1.29, 1.82) is 0 Å². The van der Waals surface area contributed by atoms with Crippen LogP contribution in [0, 0.1) is 49.4 Å². The lowest BCUT2D eigenvalue weighted by molar-refractivity contribution is 0.0202. The molecule has 0 N–H and O–H groups in total. The van der Waals surface area contributed by atoms with E-state index in [2.05, 4.69) is 32.0 Å². The van der Waals surface area contributed by atoms with Crippen LogP contribution < -0.4 is 0 Å². The van der Waals surface area contributed by atoms with Crippen LogP contribution >= 0.6 is 14.8 Å². The number of aromatic nitrogens is 1. The molecule has 0 saturated heterocycles. The van der Waals surface area contributed by atoms with Gasteiger partial charge in [-0.25, -0.2) is 4.98 Å². The maximum Gasteiger partial charge on any atom is 0.0752 e. The number of hydrogen-bond acceptors (Lipinski definition) is 1. The number of rotatable bonds is 3. The van der Waals surface area contributed by atoms with Gasteiger partial charge < -0.3 is 0 Å². The Morgan fingerprint density at radius 2 is 1.16 bits per heavy atom. The summed E-state index contributed by atoms with van der Waals surface area (Å²) in [6, 6.07) is 7.27. The first kappa shape index (κ1) is 19.9. The molecule has 10 rings (SSSR count). The normalized spacial score (nSPS) is 47.5. The molecule has 8 bridgehead atoms. The van der Waals surface area contributed by atoms with Crippen LogP contribution in [0.25, 0.3) is 10.6 Å². The standard InChI is InChI=1S/C29H39NP2/c1-18-3-4-26-27(5-18)31(19(2)30-26)32(28-12-20-6-21(13-28)8-22(7-20)14-28)29-15-23-9-24(16-29)11-25(10-23)17-29/h3-5,20-25H,6-17H2,1-2H3. The molecule has 32 heavy (non-hydrogen) atoms. The first-order chi connectivity index (χ1) is 15.5. The predicted octanol–water partition coefficient (Wildman–Crippen LogP) is 9.02. The molecule has 8 fully saturated rings. The minimum absolute atomic E-state index is 0.0143. The van der Waals surface area contributed by atoms with Crippen molar-refractivity contribution in [3.05, 3.63) is 29.2 Å². The van der Waals surface area contributed by atoms with Crippen LogP contribution in [0.4, 0.5) is 0 Å². The number of hydrogen-bond donors (Lipinski definition) is 0. The van der Waals surface area contributed by atoms with E-state index in [1.54, 1.807) is 87.6 Å². The van der Waals surface area contributed by atoms with Gasteiger partial charge in [-0.1, -0.05) is 18.9 Å². The Balaban J connectivity index is 1.36. The summed E-state index contributed by atoms with van der Waals surface area (Å²) in [6.45, 7) is 4.77. The lowest BCUT2D eigenvalue weighted by Crippen LogP contribution is -2.55. The van der Waals surface area contributed by atoms with E-state index >= 15 is 0 Å². The molecule has 170 valence electrons. The lowest BCUT2D eigenvalue weighted by Gasteiger charge is -2.67. The third kappa shape index (κ3) is 2.71. The topological polar surface area (TPSA) is 12.9 Å². The molecule has 0 amide bonds. The second kappa shape index (κ2) is 6.64. The molecule has 8 aliphatic rings. The van der Waals surface area contributed by atoms with E-state index in [1.165, 1.54) is 11.1 Å². The van der Waals surface area contributed by atoms with Crippen LogP contribution in [0.5, 0.6) is 0 Å². The van der Waals surface area contributed by atoms with Crippen molar-refractivity contribution >= 4 is 25.5 Å². The SMILES string of the molecule is Cc1ccc2nc(C)p(P(C34CC5CC(CC(C5)C3)C4)C34CC5CC(CC(C5)C3)C4)c2c1. The van der Waals surface area contributed by atoms with Gasteiger partial charge in [-0.15, -0.1) is 0 Å². The Kier molecular flexibility index (Phi) is 4.12. The van der Waals surface area contributed by atoms with E-state index in [0.717, 1.165) is 35.5 Å². The smallest absolute Gasteiger partial charge is 0.0752 e. The van der Waals surface area contributed by atoms with Gasteiger partial charge in [-0.3, -0.25) is 0 Å². The van der Waals surface area contributed by atoms with Gasteiger partial charge in [-0.05, 0) is 156 Å². The maximum atomic E-state index is 5.31. The average molecular weight is 464 g/mol. The van der Waals surface area contributed by atoms with Crippen molar-refractivity contribution in [2.75, 3.05) is 0 Å². The molecule has 0 spiro atoms. The predicted molar refractivity (Wildman–Crippen MR) is 138 cm³/mol. The molecule has 3 heteroatoms. The number of aryl methyl sites for hydroxylation is 2. The fourth-order valence-electron chi connectivity index (χ4n) is 11.1. The first-order valence-electron chi connectivity index (χ1n) is 13.7. The van der Waals surface area contributed by atoms with Gasteiger partial charge in [0.15, 0.2) is 0 Å². The van der Waals surface area contributed by atoms with Gasteiger partial charge in [0, 0.05) is 5.12 Å². The highest BCUT2D eigenvalue weighted by molar-refractivity contribution is 8.29. The third-order valence-electron chi connectivity index (χ3n) is 11.1. The van der Waals surface area contributed by atoms with Crippen molar-refractivity contribution in [1.82, 2.24) is 4.98 Å².